The molecule has 7 heteroatoms. The molecule has 0 bridgehead atoms. The van der Waals surface area contributed by atoms with Crippen molar-refractivity contribution in [2.24, 2.45) is 0 Å². The van der Waals surface area contributed by atoms with Crippen molar-refractivity contribution >= 4 is 17.6 Å². The van der Waals surface area contributed by atoms with Crippen LogP contribution in [0.2, 0.25) is 0 Å². The number of benzene rings is 1. The number of carbonyl (C=O) groups is 2. The van der Waals surface area contributed by atoms with Crippen LogP contribution in [0, 0.1) is 0 Å². The summed E-state index contributed by atoms with van der Waals surface area (Å²) in [7, 11) is 0. The summed E-state index contributed by atoms with van der Waals surface area (Å²) >= 11 is 0. The van der Waals surface area contributed by atoms with Crippen molar-refractivity contribution in [1.29, 1.82) is 0 Å². The Balaban J connectivity index is 1.93. The van der Waals surface area contributed by atoms with Gasteiger partial charge in [-0.2, -0.15) is 9.78 Å². The van der Waals surface area contributed by atoms with Gasteiger partial charge in [-0.05, 0) is 44.9 Å². The van der Waals surface area contributed by atoms with Gasteiger partial charge in [0.2, 0.25) is 5.91 Å². The summed E-state index contributed by atoms with van der Waals surface area (Å²) in [6, 6.07) is 6.55. The molecule has 1 aliphatic carbocycles. The molecule has 144 valence electrons. The van der Waals surface area contributed by atoms with Gasteiger partial charge in [-0.25, -0.2) is 4.79 Å². The Kier molecular flexibility index (Phi) is 5.48. The lowest BCUT2D eigenvalue weighted by atomic mass is 9.82. The van der Waals surface area contributed by atoms with Gasteiger partial charge in [0.05, 0.1) is 11.4 Å². The molecule has 1 fully saturated rings. The summed E-state index contributed by atoms with van der Waals surface area (Å²) in [5, 5.41) is 20.5. The number of aromatic nitrogens is 2. The molecule has 2 aromatic rings. The molecule has 0 aliphatic heterocycles. The molecular weight excluding hydrogens is 344 g/mol. The maximum atomic E-state index is 12.5. The Morgan fingerprint density at radius 2 is 2.04 bits per heavy atom. The number of hydrogen-bond donors (Lipinski definition) is 3. The molecule has 1 heterocycles. The maximum absolute atomic E-state index is 12.5. The fourth-order valence-electron chi connectivity index (χ4n) is 3.07. The van der Waals surface area contributed by atoms with Crippen LogP contribution in [0.3, 0.4) is 0 Å². The highest BCUT2D eigenvalue weighted by molar-refractivity contribution is 5.91. The van der Waals surface area contributed by atoms with Crippen molar-refractivity contribution < 1.29 is 14.7 Å². The lowest BCUT2D eigenvalue weighted by Crippen LogP contribution is -2.36. The Morgan fingerprint density at radius 1 is 1.30 bits per heavy atom. The number of aromatic hydroxyl groups is 1. The lowest BCUT2D eigenvalue weighted by Gasteiger charge is -2.25. The number of nitrogens with one attached hydrogen (secondary N) is 2. The molecular formula is C20H26N4O3. The minimum Gasteiger partial charge on any atom is -0.507 e. The first-order valence-corrected chi connectivity index (χ1v) is 9.43. The zero-order chi connectivity index (χ0) is 19.6. The first-order valence-electron chi connectivity index (χ1n) is 9.43. The molecule has 3 rings (SSSR count). The van der Waals surface area contributed by atoms with Gasteiger partial charge in [0.1, 0.15) is 5.75 Å². The number of rotatable bonds is 5. The molecule has 0 atom stereocenters. The Bertz CT molecular complexity index is 853. The van der Waals surface area contributed by atoms with Gasteiger partial charge >= 0.3 is 6.03 Å². The van der Waals surface area contributed by atoms with E-state index in [2.05, 4.69) is 15.7 Å². The van der Waals surface area contributed by atoms with Crippen LogP contribution < -0.4 is 10.6 Å². The fraction of sp³-hybridized carbons (Fsp3) is 0.450. The summed E-state index contributed by atoms with van der Waals surface area (Å²) in [4.78, 5) is 24.1. The fourth-order valence-corrected chi connectivity index (χ4v) is 3.07. The van der Waals surface area contributed by atoms with E-state index >= 15 is 0 Å². The second kappa shape index (κ2) is 7.82. The maximum Gasteiger partial charge on any atom is 0.342 e. The zero-order valence-electron chi connectivity index (χ0n) is 16.0. The SMILES string of the molecule is CCC(=O)Nc1ccc(-c2cc(C3CCC3)n(C(=O)NC(C)C)n2)c(O)c1. The van der Waals surface area contributed by atoms with Crippen LogP contribution in [0.1, 0.15) is 58.1 Å². The quantitative estimate of drug-likeness (QED) is 0.745. The molecule has 0 radical (unpaired) electrons. The Morgan fingerprint density at radius 3 is 2.59 bits per heavy atom. The van der Waals surface area contributed by atoms with E-state index in [1.807, 2.05) is 19.9 Å². The van der Waals surface area contributed by atoms with Gasteiger partial charge in [0, 0.05) is 35.7 Å². The first-order chi connectivity index (χ1) is 12.9. The number of nitrogens with zero attached hydrogens (tertiary/aromatic N) is 2. The van der Waals surface area contributed by atoms with Crippen LogP contribution in [0.5, 0.6) is 5.75 Å². The third kappa shape index (κ3) is 4.13. The topological polar surface area (TPSA) is 96.3 Å². The molecule has 3 N–H and O–H groups in total. The number of carbonyl (C=O) groups excluding carboxylic acids is 2. The van der Waals surface area contributed by atoms with Crippen LogP contribution >= 0.6 is 0 Å². The average molecular weight is 370 g/mol. The number of phenolic OH excluding ortho intramolecular Hbond substituents is 1. The van der Waals surface area contributed by atoms with Crippen LogP contribution in [-0.2, 0) is 4.79 Å². The van der Waals surface area contributed by atoms with Gasteiger partial charge in [-0.1, -0.05) is 13.3 Å². The average Bonchev–Trinajstić information content (AvgIpc) is 2.97. The Hall–Kier alpha value is -2.83. The molecule has 1 saturated carbocycles. The number of amides is 2. The van der Waals surface area contributed by atoms with Crippen molar-refractivity contribution in [3.05, 3.63) is 30.0 Å². The summed E-state index contributed by atoms with van der Waals surface area (Å²) in [6.45, 7) is 5.57. The van der Waals surface area contributed by atoms with Crippen LogP contribution in [0.25, 0.3) is 11.3 Å². The minimum absolute atomic E-state index is 0.00857. The molecule has 7 nitrogen and oxygen atoms in total. The largest absolute Gasteiger partial charge is 0.507 e. The molecule has 0 spiro atoms. The highest BCUT2D eigenvalue weighted by atomic mass is 16.3. The zero-order valence-corrected chi connectivity index (χ0v) is 16.0. The van der Waals surface area contributed by atoms with Gasteiger partial charge in [-0.15, -0.1) is 0 Å². The molecule has 0 saturated heterocycles. The van der Waals surface area contributed by atoms with Crippen molar-refractivity contribution in [1.82, 2.24) is 15.1 Å². The predicted octanol–water partition coefficient (Wildman–Crippen LogP) is 3.84. The van der Waals surface area contributed by atoms with Crippen LogP contribution in [0.15, 0.2) is 24.3 Å². The van der Waals surface area contributed by atoms with Gasteiger partial charge in [-0.3, -0.25) is 4.79 Å². The van der Waals surface area contributed by atoms with Crippen molar-refractivity contribution in [2.45, 2.75) is 58.4 Å². The van der Waals surface area contributed by atoms with Gasteiger partial charge < -0.3 is 15.7 Å². The third-order valence-corrected chi connectivity index (χ3v) is 4.74. The van der Waals surface area contributed by atoms with Crippen molar-refractivity contribution in [3.63, 3.8) is 0 Å². The molecule has 1 aliphatic rings. The molecule has 1 aromatic heterocycles. The highest BCUT2D eigenvalue weighted by Gasteiger charge is 2.27. The lowest BCUT2D eigenvalue weighted by molar-refractivity contribution is -0.115. The van der Waals surface area contributed by atoms with E-state index in [9.17, 15) is 14.7 Å². The van der Waals surface area contributed by atoms with Crippen LogP contribution in [0.4, 0.5) is 10.5 Å². The van der Waals surface area contributed by atoms with E-state index in [1.165, 1.54) is 10.7 Å². The van der Waals surface area contributed by atoms with E-state index in [0.29, 0.717) is 29.3 Å². The second-order valence-electron chi connectivity index (χ2n) is 7.23. The predicted molar refractivity (Wildman–Crippen MR) is 104 cm³/mol. The second-order valence-corrected chi connectivity index (χ2v) is 7.23. The highest BCUT2D eigenvalue weighted by Crippen LogP contribution is 2.39. The monoisotopic (exact) mass is 370 g/mol. The van der Waals surface area contributed by atoms with Crippen molar-refractivity contribution in [2.75, 3.05) is 5.32 Å². The van der Waals surface area contributed by atoms with Gasteiger partial charge in [0.15, 0.2) is 0 Å². The summed E-state index contributed by atoms with van der Waals surface area (Å²) in [6.07, 6.45) is 3.58. The Labute approximate surface area is 158 Å². The summed E-state index contributed by atoms with van der Waals surface area (Å²) < 4.78 is 1.42. The molecule has 0 unspecified atom stereocenters. The van der Waals surface area contributed by atoms with E-state index in [-0.39, 0.29) is 23.7 Å². The van der Waals surface area contributed by atoms with E-state index in [1.54, 1.807) is 19.1 Å². The van der Waals surface area contributed by atoms with Gasteiger partial charge in [0.25, 0.3) is 0 Å². The number of anilines is 1. The van der Waals surface area contributed by atoms with E-state index < -0.39 is 0 Å². The molecule has 2 amide bonds. The van der Waals surface area contributed by atoms with Crippen LogP contribution in [-0.4, -0.2) is 32.9 Å². The third-order valence-electron chi connectivity index (χ3n) is 4.74. The van der Waals surface area contributed by atoms with E-state index in [4.69, 9.17) is 0 Å². The summed E-state index contributed by atoms with van der Waals surface area (Å²) in [5.41, 5.74) is 2.47. The van der Waals surface area contributed by atoms with E-state index in [0.717, 1.165) is 25.0 Å². The summed E-state index contributed by atoms with van der Waals surface area (Å²) in [5.74, 6) is 0.205. The first kappa shape index (κ1) is 18.9. The smallest absolute Gasteiger partial charge is 0.342 e. The van der Waals surface area contributed by atoms with Crippen molar-refractivity contribution in [3.8, 4) is 17.0 Å². The standard InChI is InChI=1S/C20H26N4O3/c1-4-19(26)22-14-8-9-15(18(25)10-14)16-11-17(13-6-5-7-13)24(23-16)20(27)21-12(2)3/h8-13,25H,4-7H2,1-3H3,(H,21,27)(H,22,26). The molecule has 1 aromatic carbocycles. The normalized spacial score (nSPS) is 14.1. The molecule has 27 heavy (non-hydrogen) atoms. The number of hydrogen-bond acceptors (Lipinski definition) is 4. The number of phenols is 1. The minimum atomic E-state index is -0.260.